The average Bonchev–Trinajstić information content (AvgIpc) is 3.29. The number of nitrogens with zero attached hydrogens (tertiary/aromatic N) is 1. The number of benzene rings is 11. The van der Waals surface area contributed by atoms with Gasteiger partial charge in [0.15, 0.2) is 0 Å². The van der Waals surface area contributed by atoms with Crippen molar-refractivity contribution in [3.63, 3.8) is 0 Å². The number of anilines is 3. The molecule has 0 aromatic heterocycles. The molecule has 57 heavy (non-hydrogen) atoms. The molecule has 266 valence electrons. The minimum Gasteiger partial charge on any atom is -0.310 e. The Hall–Kier alpha value is -7.48. The molecule has 0 heterocycles. The second-order valence-corrected chi connectivity index (χ2v) is 14.9. The maximum absolute atomic E-state index is 2.41. The normalized spacial score (nSPS) is 11.5. The van der Waals surface area contributed by atoms with Crippen LogP contribution < -0.4 is 4.90 Å². The molecule has 0 aliphatic carbocycles. The summed E-state index contributed by atoms with van der Waals surface area (Å²) in [6.07, 6.45) is 0. The van der Waals surface area contributed by atoms with E-state index in [4.69, 9.17) is 0 Å². The predicted octanol–water partition coefficient (Wildman–Crippen LogP) is 15.9. The standard InChI is InChI=1S/C56H37N/c1-3-13-38(14-4-1)42-26-27-44-36-48(34-31-43(44)35-42)57(46-16-5-2-6-17-46)47-32-29-40(30-33-47)49-18-9-10-20-51(49)54-37-45-28-25-41-24-23-39-15-7-8-19-50(39)55(41)56(45)53-22-12-11-21-52(53)54/h1-37H. The first kappa shape index (κ1) is 32.9. The van der Waals surface area contributed by atoms with Gasteiger partial charge >= 0.3 is 0 Å². The fourth-order valence-corrected chi connectivity index (χ4v) is 8.88. The van der Waals surface area contributed by atoms with Gasteiger partial charge in [-0.1, -0.05) is 176 Å². The molecular formula is C56H37N. The van der Waals surface area contributed by atoms with Gasteiger partial charge in [0.1, 0.15) is 0 Å². The Morgan fingerprint density at radius 2 is 0.754 bits per heavy atom. The Labute approximate surface area is 332 Å². The van der Waals surface area contributed by atoms with E-state index in [9.17, 15) is 0 Å². The van der Waals surface area contributed by atoms with E-state index < -0.39 is 0 Å². The summed E-state index contributed by atoms with van der Waals surface area (Å²) in [4.78, 5) is 2.35. The molecule has 11 aromatic rings. The second-order valence-electron chi connectivity index (χ2n) is 14.9. The van der Waals surface area contributed by atoms with Gasteiger partial charge in [-0.05, 0) is 136 Å². The van der Waals surface area contributed by atoms with E-state index >= 15 is 0 Å². The van der Waals surface area contributed by atoms with Crippen LogP contribution in [-0.4, -0.2) is 0 Å². The Bertz CT molecular complexity index is 3270. The molecule has 0 aliphatic heterocycles. The Morgan fingerprint density at radius 1 is 0.228 bits per heavy atom. The van der Waals surface area contributed by atoms with E-state index in [1.54, 1.807) is 0 Å². The van der Waals surface area contributed by atoms with E-state index in [1.807, 2.05) is 0 Å². The van der Waals surface area contributed by atoms with Gasteiger partial charge in [-0.25, -0.2) is 0 Å². The highest BCUT2D eigenvalue weighted by atomic mass is 15.1. The molecule has 0 bridgehead atoms. The molecule has 0 fully saturated rings. The van der Waals surface area contributed by atoms with E-state index in [-0.39, 0.29) is 0 Å². The summed E-state index contributed by atoms with van der Waals surface area (Å²) in [6, 6.07) is 81.9. The minimum absolute atomic E-state index is 1.11. The molecule has 0 spiro atoms. The van der Waals surface area contributed by atoms with E-state index in [0.29, 0.717) is 0 Å². The van der Waals surface area contributed by atoms with Crippen LogP contribution in [0.4, 0.5) is 17.1 Å². The van der Waals surface area contributed by atoms with Crippen molar-refractivity contribution in [2.45, 2.75) is 0 Å². The first-order valence-corrected chi connectivity index (χ1v) is 19.7. The van der Waals surface area contributed by atoms with Crippen molar-refractivity contribution < 1.29 is 0 Å². The molecule has 0 N–H and O–H groups in total. The number of para-hydroxylation sites is 1. The minimum atomic E-state index is 1.11. The van der Waals surface area contributed by atoms with Crippen LogP contribution in [0, 0.1) is 0 Å². The summed E-state index contributed by atoms with van der Waals surface area (Å²) in [6.45, 7) is 0. The largest absolute Gasteiger partial charge is 0.310 e. The van der Waals surface area contributed by atoms with Crippen LogP contribution in [0.3, 0.4) is 0 Å². The Kier molecular flexibility index (Phi) is 7.89. The fraction of sp³-hybridized carbons (Fsp3) is 0. The lowest BCUT2D eigenvalue weighted by molar-refractivity contribution is 1.29. The second kappa shape index (κ2) is 13.7. The third-order valence-corrected chi connectivity index (χ3v) is 11.6. The summed E-state index contributed by atoms with van der Waals surface area (Å²) < 4.78 is 0. The molecular weight excluding hydrogens is 687 g/mol. The SMILES string of the molecule is c1ccc(-c2ccc3cc(N(c4ccccc4)c4ccc(-c5ccccc5-c5cc6ccc7ccc8ccccc8c7c6c6ccccc56)cc4)ccc3c2)cc1. The van der Waals surface area contributed by atoms with Crippen molar-refractivity contribution in [3.05, 3.63) is 224 Å². The number of hydrogen-bond donors (Lipinski definition) is 0. The van der Waals surface area contributed by atoms with Crippen molar-refractivity contribution >= 4 is 70.9 Å². The smallest absolute Gasteiger partial charge is 0.0468 e. The zero-order valence-corrected chi connectivity index (χ0v) is 31.3. The van der Waals surface area contributed by atoms with Gasteiger partial charge in [-0.15, -0.1) is 0 Å². The van der Waals surface area contributed by atoms with Crippen molar-refractivity contribution in [2.24, 2.45) is 0 Å². The van der Waals surface area contributed by atoms with Gasteiger partial charge in [-0.3, -0.25) is 0 Å². The topological polar surface area (TPSA) is 3.24 Å². The highest BCUT2D eigenvalue weighted by Gasteiger charge is 2.17. The molecule has 1 nitrogen and oxygen atoms in total. The highest BCUT2D eigenvalue weighted by Crippen LogP contribution is 2.44. The van der Waals surface area contributed by atoms with Crippen molar-refractivity contribution in [3.8, 4) is 33.4 Å². The molecule has 0 unspecified atom stereocenters. The molecule has 11 aromatic carbocycles. The first-order valence-electron chi connectivity index (χ1n) is 19.7. The van der Waals surface area contributed by atoms with Crippen LogP contribution >= 0.6 is 0 Å². The molecule has 1 heteroatoms. The van der Waals surface area contributed by atoms with Gasteiger partial charge in [0.25, 0.3) is 0 Å². The highest BCUT2D eigenvalue weighted by molar-refractivity contribution is 6.29. The van der Waals surface area contributed by atoms with Gasteiger partial charge in [0.2, 0.25) is 0 Å². The molecule has 0 aliphatic rings. The molecule has 0 amide bonds. The molecule has 11 rings (SSSR count). The van der Waals surface area contributed by atoms with E-state index in [0.717, 1.165) is 17.1 Å². The lowest BCUT2D eigenvalue weighted by Crippen LogP contribution is -2.09. The summed E-state index contributed by atoms with van der Waals surface area (Å²) in [5.74, 6) is 0. The predicted molar refractivity (Wildman–Crippen MR) is 245 cm³/mol. The molecule has 0 atom stereocenters. The summed E-state index contributed by atoms with van der Waals surface area (Å²) in [5.41, 5.74) is 10.7. The lowest BCUT2D eigenvalue weighted by Gasteiger charge is -2.26. The maximum Gasteiger partial charge on any atom is 0.0468 e. The van der Waals surface area contributed by atoms with Crippen LogP contribution in [-0.2, 0) is 0 Å². The fourth-order valence-electron chi connectivity index (χ4n) is 8.88. The van der Waals surface area contributed by atoms with Crippen molar-refractivity contribution in [1.82, 2.24) is 0 Å². The van der Waals surface area contributed by atoms with E-state index in [1.165, 1.54) is 87.2 Å². The Balaban J connectivity index is 1.02. The summed E-state index contributed by atoms with van der Waals surface area (Å²) in [7, 11) is 0. The van der Waals surface area contributed by atoms with Crippen LogP contribution in [0.15, 0.2) is 224 Å². The number of fused-ring (bicyclic) bond motifs is 8. The van der Waals surface area contributed by atoms with Gasteiger partial charge in [0, 0.05) is 17.1 Å². The molecule has 0 radical (unpaired) electrons. The van der Waals surface area contributed by atoms with Crippen LogP contribution in [0.25, 0.3) is 87.2 Å². The zero-order chi connectivity index (χ0) is 37.7. The van der Waals surface area contributed by atoms with Crippen molar-refractivity contribution in [2.75, 3.05) is 4.90 Å². The van der Waals surface area contributed by atoms with E-state index in [2.05, 4.69) is 229 Å². The summed E-state index contributed by atoms with van der Waals surface area (Å²) >= 11 is 0. The quantitative estimate of drug-likeness (QED) is 0.154. The molecule has 0 saturated heterocycles. The van der Waals surface area contributed by atoms with Gasteiger partial charge in [0.05, 0.1) is 0 Å². The first-order chi connectivity index (χ1) is 28.3. The van der Waals surface area contributed by atoms with Crippen molar-refractivity contribution in [1.29, 1.82) is 0 Å². The maximum atomic E-state index is 2.41. The summed E-state index contributed by atoms with van der Waals surface area (Å²) in [5, 5.41) is 12.7. The van der Waals surface area contributed by atoms with Gasteiger partial charge in [-0.2, -0.15) is 0 Å². The third kappa shape index (κ3) is 5.72. The van der Waals surface area contributed by atoms with Gasteiger partial charge < -0.3 is 4.90 Å². The monoisotopic (exact) mass is 723 g/mol. The zero-order valence-electron chi connectivity index (χ0n) is 31.3. The average molecular weight is 724 g/mol. The lowest BCUT2D eigenvalue weighted by atomic mass is 9.87. The van der Waals surface area contributed by atoms with Crippen LogP contribution in [0.2, 0.25) is 0 Å². The molecule has 0 saturated carbocycles. The Morgan fingerprint density at radius 3 is 1.56 bits per heavy atom. The van der Waals surface area contributed by atoms with Crippen LogP contribution in [0.5, 0.6) is 0 Å². The number of hydrogen-bond acceptors (Lipinski definition) is 1. The van der Waals surface area contributed by atoms with Crippen LogP contribution in [0.1, 0.15) is 0 Å². The number of rotatable bonds is 6. The third-order valence-electron chi connectivity index (χ3n) is 11.6.